The van der Waals surface area contributed by atoms with Gasteiger partial charge in [-0.15, -0.1) is 0 Å². The number of benzene rings is 1. The molecular formula is C13H14N2O3S. The predicted octanol–water partition coefficient (Wildman–Crippen LogP) is 2.20. The quantitative estimate of drug-likeness (QED) is 0.902. The molecular weight excluding hydrogens is 264 g/mol. The molecule has 6 heteroatoms. The Hall–Kier alpha value is -2.08. The summed E-state index contributed by atoms with van der Waals surface area (Å²) in [7, 11) is -3.82. The molecule has 1 heterocycles. The predicted molar refractivity (Wildman–Crippen MR) is 72.6 cm³/mol. The Bertz CT molecular complexity index is 712. The Balaban J connectivity index is 2.40. The van der Waals surface area contributed by atoms with Crippen molar-refractivity contribution >= 4 is 15.7 Å². The highest BCUT2D eigenvalue weighted by Gasteiger charge is 2.19. The summed E-state index contributed by atoms with van der Waals surface area (Å²) in [5.41, 5.74) is 1.79. The number of nitrogens with one attached hydrogen (secondary N) is 1. The van der Waals surface area contributed by atoms with Gasteiger partial charge in [-0.2, -0.15) is 0 Å². The number of hydrogen-bond donors (Lipinski definition) is 2. The fourth-order valence-electron chi connectivity index (χ4n) is 1.68. The summed E-state index contributed by atoms with van der Waals surface area (Å²) in [6.07, 6.45) is 0. The third kappa shape index (κ3) is 2.85. The summed E-state index contributed by atoms with van der Waals surface area (Å²) in [6.45, 7) is 3.55. The van der Waals surface area contributed by atoms with Crippen molar-refractivity contribution in [3.8, 4) is 5.75 Å². The first-order chi connectivity index (χ1) is 8.90. The van der Waals surface area contributed by atoms with Crippen LogP contribution in [-0.2, 0) is 10.0 Å². The second kappa shape index (κ2) is 4.89. The molecule has 0 radical (unpaired) electrons. The van der Waals surface area contributed by atoms with E-state index in [-0.39, 0.29) is 10.6 Å². The standard InChI is InChI=1S/C13H14N2O3S/c1-9-7-8-11(10(2)14-9)15-19(17,18)13-6-4-3-5-12(13)16/h3-8,15-16H,1-2H3. The van der Waals surface area contributed by atoms with E-state index in [0.717, 1.165) is 5.69 Å². The van der Waals surface area contributed by atoms with Gasteiger partial charge >= 0.3 is 0 Å². The molecule has 0 fully saturated rings. The van der Waals surface area contributed by atoms with Crippen LogP contribution < -0.4 is 4.72 Å². The van der Waals surface area contributed by atoms with E-state index in [9.17, 15) is 13.5 Å². The molecule has 5 nitrogen and oxygen atoms in total. The smallest absolute Gasteiger partial charge is 0.265 e. The first-order valence-corrected chi connectivity index (χ1v) is 7.13. The van der Waals surface area contributed by atoms with E-state index in [1.165, 1.54) is 12.1 Å². The van der Waals surface area contributed by atoms with E-state index >= 15 is 0 Å². The zero-order chi connectivity index (χ0) is 14.0. The van der Waals surface area contributed by atoms with E-state index in [2.05, 4.69) is 9.71 Å². The molecule has 0 aliphatic carbocycles. The second-order valence-electron chi connectivity index (χ2n) is 4.16. The van der Waals surface area contributed by atoms with Crippen LogP contribution in [0, 0.1) is 13.8 Å². The van der Waals surface area contributed by atoms with Crippen LogP contribution in [0.15, 0.2) is 41.3 Å². The summed E-state index contributed by atoms with van der Waals surface area (Å²) >= 11 is 0. The molecule has 19 heavy (non-hydrogen) atoms. The highest BCUT2D eigenvalue weighted by Crippen LogP contribution is 2.25. The summed E-state index contributed by atoms with van der Waals surface area (Å²) < 4.78 is 26.7. The molecule has 0 bridgehead atoms. The fraction of sp³-hybridized carbons (Fsp3) is 0.154. The monoisotopic (exact) mass is 278 g/mol. The van der Waals surface area contributed by atoms with Gasteiger partial charge in [0.15, 0.2) is 0 Å². The Morgan fingerprint density at radius 3 is 2.42 bits per heavy atom. The largest absolute Gasteiger partial charge is 0.507 e. The molecule has 0 unspecified atom stereocenters. The number of rotatable bonds is 3. The van der Waals surface area contributed by atoms with Crippen molar-refractivity contribution in [3.63, 3.8) is 0 Å². The van der Waals surface area contributed by atoms with Crippen LogP contribution in [0.4, 0.5) is 5.69 Å². The number of hydrogen-bond acceptors (Lipinski definition) is 4. The van der Waals surface area contributed by atoms with Crippen molar-refractivity contribution < 1.29 is 13.5 Å². The third-order valence-electron chi connectivity index (χ3n) is 2.62. The van der Waals surface area contributed by atoms with Gasteiger partial charge in [0, 0.05) is 5.69 Å². The lowest BCUT2D eigenvalue weighted by atomic mass is 10.3. The Morgan fingerprint density at radius 1 is 1.11 bits per heavy atom. The molecule has 100 valence electrons. The highest BCUT2D eigenvalue weighted by atomic mass is 32.2. The van der Waals surface area contributed by atoms with Gasteiger partial charge in [-0.05, 0) is 38.1 Å². The number of aromatic hydroxyl groups is 1. The number of anilines is 1. The van der Waals surface area contributed by atoms with Crippen molar-refractivity contribution in [2.45, 2.75) is 18.7 Å². The maximum atomic E-state index is 12.2. The van der Waals surface area contributed by atoms with Crippen molar-refractivity contribution in [3.05, 3.63) is 47.8 Å². The minimum Gasteiger partial charge on any atom is -0.507 e. The number of aromatic nitrogens is 1. The number of phenols is 1. The third-order valence-corrected chi connectivity index (χ3v) is 4.04. The molecule has 0 atom stereocenters. The van der Waals surface area contributed by atoms with Gasteiger partial charge in [-0.3, -0.25) is 9.71 Å². The number of sulfonamides is 1. The molecule has 0 spiro atoms. The van der Waals surface area contributed by atoms with E-state index in [1.54, 1.807) is 31.2 Å². The molecule has 0 amide bonds. The van der Waals surface area contributed by atoms with Crippen molar-refractivity contribution in [2.75, 3.05) is 4.72 Å². The minimum absolute atomic E-state index is 0.157. The zero-order valence-corrected chi connectivity index (χ0v) is 11.4. The molecule has 2 N–H and O–H groups in total. The molecule has 0 saturated carbocycles. The maximum Gasteiger partial charge on any atom is 0.265 e. The van der Waals surface area contributed by atoms with Gasteiger partial charge in [0.1, 0.15) is 10.6 Å². The average molecular weight is 278 g/mol. The average Bonchev–Trinajstić information content (AvgIpc) is 2.33. The maximum absolute atomic E-state index is 12.2. The van der Waals surface area contributed by atoms with E-state index < -0.39 is 10.0 Å². The zero-order valence-electron chi connectivity index (χ0n) is 10.6. The van der Waals surface area contributed by atoms with E-state index in [0.29, 0.717) is 11.4 Å². The number of nitrogens with zero attached hydrogens (tertiary/aromatic N) is 1. The van der Waals surface area contributed by atoms with Crippen LogP contribution in [0.2, 0.25) is 0 Å². The molecule has 1 aromatic heterocycles. The van der Waals surface area contributed by atoms with Crippen LogP contribution in [0.5, 0.6) is 5.75 Å². The number of aryl methyl sites for hydroxylation is 2. The van der Waals surface area contributed by atoms with Gasteiger partial charge in [-0.25, -0.2) is 8.42 Å². The Labute approximate surface area is 112 Å². The van der Waals surface area contributed by atoms with Crippen LogP contribution in [0.25, 0.3) is 0 Å². The minimum atomic E-state index is -3.82. The number of phenolic OH excluding ortho intramolecular Hbond substituents is 1. The van der Waals surface area contributed by atoms with Gasteiger partial charge in [-0.1, -0.05) is 12.1 Å². The number of para-hydroxylation sites is 1. The molecule has 1 aromatic carbocycles. The molecule has 0 saturated heterocycles. The summed E-state index contributed by atoms with van der Waals surface area (Å²) in [6, 6.07) is 9.15. The molecule has 2 rings (SSSR count). The van der Waals surface area contributed by atoms with Crippen molar-refractivity contribution in [2.24, 2.45) is 0 Å². The number of pyridine rings is 1. The molecule has 0 aliphatic heterocycles. The molecule has 2 aromatic rings. The SMILES string of the molecule is Cc1ccc(NS(=O)(=O)c2ccccc2O)c(C)n1. The topological polar surface area (TPSA) is 79.3 Å². The summed E-state index contributed by atoms with van der Waals surface area (Å²) in [4.78, 5) is 4.03. The highest BCUT2D eigenvalue weighted by molar-refractivity contribution is 7.92. The van der Waals surface area contributed by atoms with Crippen LogP contribution in [0.1, 0.15) is 11.4 Å². The normalized spacial score (nSPS) is 11.3. The van der Waals surface area contributed by atoms with E-state index in [4.69, 9.17) is 0 Å². The van der Waals surface area contributed by atoms with Crippen LogP contribution in [0.3, 0.4) is 0 Å². The van der Waals surface area contributed by atoms with Gasteiger partial charge in [0.05, 0.1) is 11.4 Å². The lowest BCUT2D eigenvalue weighted by Gasteiger charge is -2.11. The van der Waals surface area contributed by atoms with Gasteiger partial charge < -0.3 is 5.11 Å². The summed E-state index contributed by atoms with van der Waals surface area (Å²) in [5.74, 6) is -0.285. The van der Waals surface area contributed by atoms with E-state index in [1.807, 2.05) is 6.92 Å². The second-order valence-corrected chi connectivity index (χ2v) is 5.81. The first-order valence-electron chi connectivity index (χ1n) is 5.65. The van der Waals surface area contributed by atoms with Crippen LogP contribution in [-0.4, -0.2) is 18.5 Å². The molecule has 0 aliphatic rings. The van der Waals surface area contributed by atoms with Crippen molar-refractivity contribution in [1.82, 2.24) is 4.98 Å². The lowest BCUT2D eigenvalue weighted by molar-refractivity contribution is 0.459. The fourth-order valence-corrected chi connectivity index (χ4v) is 2.89. The Morgan fingerprint density at radius 2 is 1.79 bits per heavy atom. The van der Waals surface area contributed by atoms with Crippen LogP contribution >= 0.6 is 0 Å². The van der Waals surface area contributed by atoms with Gasteiger partial charge in [0.25, 0.3) is 10.0 Å². The van der Waals surface area contributed by atoms with Gasteiger partial charge in [0.2, 0.25) is 0 Å². The Kier molecular flexibility index (Phi) is 3.44. The van der Waals surface area contributed by atoms with Crippen molar-refractivity contribution in [1.29, 1.82) is 0 Å². The lowest BCUT2D eigenvalue weighted by Crippen LogP contribution is -2.14. The first kappa shape index (κ1) is 13.4. The summed E-state index contributed by atoms with van der Waals surface area (Å²) in [5, 5.41) is 9.60.